The van der Waals surface area contributed by atoms with Crippen molar-refractivity contribution in [3.8, 4) is 0 Å². The summed E-state index contributed by atoms with van der Waals surface area (Å²) in [6, 6.07) is 15.7. The van der Waals surface area contributed by atoms with Crippen molar-refractivity contribution in [2.75, 3.05) is 12.3 Å². The maximum Gasteiger partial charge on any atom is 0.419 e. The van der Waals surface area contributed by atoms with Crippen LogP contribution in [0.1, 0.15) is 18.4 Å². The summed E-state index contributed by atoms with van der Waals surface area (Å²) in [5, 5.41) is 2.93. The van der Waals surface area contributed by atoms with Crippen molar-refractivity contribution in [1.82, 2.24) is 9.88 Å². The van der Waals surface area contributed by atoms with E-state index in [9.17, 15) is 9.59 Å². The first-order valence-electron chi connectivity index (χ1n) is 8.68. The summed E-state index contributed by atoms with van der Waals surface area (Å²) in [6.45, 7) is 3.17. The molecule has 0 atom stereocenters. The van der Waals surface area contributed by atoms with Gasteiger partial charge in [0.15, 0.2) is 5.58 Å². The zero-order chi connectivity index (χ0) is 18.4. The third-order valence-corrected chi connectivity index (χ3v) is 5.09. The lowest BCUT2D eigenvalue weighted by Gasteiger charge is -2.06. The average Bonchev–Trinajstić information content (AvgIpc) is 2.96. The molecule has 0 aliphatic rings. The van der Waals surface area contributed by atoms with Crippen LogP contribution in [0.4, 0.5) is 0 Å². The van der Waals surface area contributed by atoms with Crippen molar-refractivity contribution in [3.63, 3.8) is 0 Å². The minimum absolute atomic E-state index is 0.00959. The molecular weight excluding hydrogens is 348 g/mol. The van der Waals surface area contributed by atoms with E-state index >= 15 is 0 Å². The van der Waals surface area contributed by atoms with Gasteiger partial charge in [0.1, 0.15) is 0 Å². The molecule has 1 amide bonds. The lowest BCUT2D eigenvalue weighted by Crippen LogP contribution is -2.26. The van der Waals surface area contributed by atoms with Gasteiger partial charge in [-0.25, -0.2) is 4.79 Å². The number of nitrogens with one attached hydrogen (secondary N) is 1. The fraction of sp³-hybridized carbons (Fsp3) is 0.300. The molecule has 0 saturated carbocycles. The van der Waals surface area contributed by atoms with Crippen LogP contribution in [0.5, 0.6) is 0 Å². The van der Waals surface area contributed by atoms with Crippen LogP contribution < -0.4 is 11.1 Å². The van der Waals surface area contributed by atoms with Gasteiger partial charge in [-0.1, -0.05) is 29.8 Å². The van der Waals surface area contributed by atoms with Gasteiger partial charge in [-0.3, -0.25) is 9.36 Å². The Bertz CT molecular complexity index is 928. The Morgan fingerprint density at radius 2 is 1.92 bits per heavy atom. The molecule has 0 bridgehead atoms. The number of para-hydroxylation sites is 2. The average molecular weight is 370 g/mol. The normalized spacial score (nSPS) is 11.0. The smallest absolute Gasteiger partial charge is 0.408 e. The number of aromatic nitrogens is 1. The molecule has 3 aromatic rings. The Hall–Kier alpha value is -2.47. The zero-order valence-electron chi connectivity index (χ0n) is 14.7. The van der Waals surface area contributed by atoms with Crippen LogP contribution in [0.15, 0.2) is 62.6 Å². The molecule has 3 rings (SSSR count). The van der Waals surface area contributed by atoms with Gasteiger partial charge in [0.25, 0.3) is 0 Å². The minimum Gasteiger partial charge on any atom is -0.408 e. The van der Waals surface area contributed by atoms with Gasteiger partial charge in [0.05, 0.1) is 5.52 Å². The first-order chi connectivity index (χ1) is 12.6. The molecule has 0 aliphatic carbocycles. The standard InChI is InChI=1S/C20H22N2O3S/c1-15-8-10-16(11-9-15)26-14-12-21-19(23)7-4-13-22-17-5-2-3-6-18(17)25-20(22)24/h2-3,5-6,8-11H,4,7,12-14H2,1H3,(H,21,23). The Labute approximate surface area is 156 Å². The SMILES string of the molecule is Cc1ccc(SCCNC(=O)CCCn2c(=O)oc3ccccc32)cc1. The first-order valence-corrected chi connectivity index (χ1v) is 9.66. The lowest BCUT2D eigenvalue weighted by atomic mass is 10.2. The van der Waals surface area contributed by atoms with Crippen LogP contribution in [0, 0.1) is 6.92 Å². The summed E-state index contributed by atoms with van der Waals surface area (Å²) >= 11 is 1.72. The number of amides is 1. The van der Waals surface area contributed by atoms with Crippen molar-refractivity contribution < 1.29 is 9.21 Å². The Balaban J connectivity index is 1.38. The zero-order valence-corrected chi connectivity index (χ0v) is 15.6. The van der Waals surface area contributed by atoms with Gasteiger partial charge in [-0.05, 0) is 37.6 Å². The van der Waals surface area contributed by atoms with E-state index in [4.69, 9.17) is 4.42 Å². The molecular formula is C20H22N2O3S. The van der Waals surface area contributed by atoms with E-state index in [1.807, 2.05) is 18.2 Å². The number of carbonyl (C=O) groups is 1. The monoisotopic (exact) mass is 370 g/mol. The molecule has 1 heterocycles. The summed E-state index contributed by atoms with van der Waals surface area (Å²) < 4.78 is 6.77. The molecule has 26 heavy (non-hydrogen) atoms. The highest BCUT2D eigenvalue weighted by Gasteiger charge is 2.09. The number of thioether (sulfide) groups is 1. The number of hydrogen-bond acceptors (Lipinski definition) is 4. The molecule has 0 radical (unpaired) electrons. The predicted molar refractivity (Wildman–Crippen MR) is 105 cm³/mol. The third kappa shape index (κ3) is 4.79. The van der Waals surface area contributed by atoms with Crippen molar-refractivity contribution in [2.45, 2.75) is 31.2 Å². The number of aryl methyl sites for hydroxylation is 2. The summed E-state index contributed by atoms with van der Waals surface area (Å²) in [7, 11) is 0. The molecule has 0 spiro atoms. The fourth-order valence-electron chi connectivity index (χ4n) is 2.71. The molecule has 0 aliphatic heterocycles. The molecule has 1 aromatic heterocycles. The highest BCUT2D eigenvalue weighted by Crippen LogP contribution is 2.17. The molecule has 2 aromatic carbocycles. The molecule has 136 valence electrons. The van der Waals surface area contributed by atoms with Gasteiger partial charge in [0, 0.05) is 30.2 Å². The molecule has 0 unspecified atom stereocenters. The summed E-state index contributed by atoms with van der Waals surface area (Å²) in [5.41, 5.74) is 2.59. The number of benzene rings is 2. The molecule has 0 fully saturated rings. The van der Waals surface area contributed by atoms with E-state index in [2.05, 4.69) is 36.5 Å². The molecule has 1 N–H and O–H groups in total. The number of carbonyl (C=O) groups excluding carboxylic acids is 1. The van der Waals surface area contributed by atoms with Crippen molar-refractivity contribution in [2.24, 2.45) is 0 Å². The highest BCUT2D eigenvalue weighted by atomic mass is 32.2. The van der Waals surface area contributed by atoms with E-state index in [1.165, 1.54) is 10.5 Å². The number of oxazole rings is 1. The van der Waals surface area contributed by atoms with Crippen LogP contribution in [0.3, 0.4) is 0 Å². The second-order valence-electron chi connectivity index (χ2n) is 6.10. The van der Waals surface area contributed by atoms with E-state index in [-0.39, 0.29) is 11.7 Å². The maximum absolute atomic E-state index is 11.9. The molecule has 5 nitrogen and oxygen atoms in total. The largest absolute Gasteiger partial charge is 0.419 e. The van der Waals surface area contributed by atoms with Crippen LogP contribution in [0.25, 0.3) is 11.1 Å². The highest BCUT2D eigenvalue weighted by molar-refractivity contribution is 7.99. The van der Waals surface area contributed by atoms with Gasteiger partial charge in [-0.2, -0.15) is 0 Å². The van der Waals surface area contributed by atoms with Gasteiger partial charge in [-0.15, -0.1) is 11.8 Å². The Kier molecular flexibility index (Phi) is 6.17. The number of fused-ring (bicyclic) bond motifs is 1. The van der Waals surface area contributed by atoms with Crippen LogP contribution in [0.2, 0.25) is 0 Å². The van der Waals surface area contributed by atoms with Gasteiger partial charge in [0.2, 0.25) is 5.91 Å². The number of nitrogens with zero attached hydrogens (tertiary/aromatic N) is 1. The maximum atomic E-state index is 11.9. The summed E-state index contributed by atoms with van der Waals surface area (Å²) in [5.74, 6) is 0.470. The van der Waals surface area contributed by atoms with E-state index < -0.39 is 0 Å². The van der Waals surface area contributed by atoms with Gasteiger partial charge >= 0.3 is 5.76 Å². The van der Waals surface area contributed by atoms with Crippen molar-refractivity contribution in [1.29, 1.82) is 0 Å². The quantitative estimate of drug-likeness (QED) is 0.486. The first kappa shape index (κ1) is 18.3. The summed E-state index contributed by atoms with van der Waals surface area (Å²) in [6.07, 6.45) is 0.988. The fourth-order valence-corrected chi connectivity index (χ4v) is 3.47. The summed E-state index contributed by atoms with van der Waals surface area (Å²) in [4.78, 5) is 25.0. The number of hydrogen-bond donors (Lipinski definition) is 1. The van der Waals surface area contributed by atoms with E-state index in [1.54, 1.807) is 22.4 Å². The second-order valence-corrected chi connectivity index (χ2v) is 7.27. The molecule has 0 saturated heterocycles. The van der Waals surface area contributed by atoms with Crippen LogP contribution in [-0.2, 0) is 11.3 Å². The van der Waals surface area contributed by atoms with E-state index in [0.29, 0.717) is 31.5 Å². The Morgan fingerprint density at radius 3 is 2.73 bits per heavy atom. The predicted octanol–water partition coefficient (Wildman–Crippen LogP) is 3.59. The van der Waals surface area contributed by atoms with Gasteiger partial charge < -0.3 is 9.73 Å². The van der Waals surface area contributed by atoms with Crippen molar-refractivity contribution in [3.05, 3.63) is 64.6 Å². The van der Waals surface area contributed by atoms with Crippen molar-refractivity contribution >= 4 is 28.8 Å². The molecule has 6 heteroatoms. The second kappa shape index (κ2) is 8.76. The third-order valence-electron chi connectivity index (χ3n) is 4.07. The topological polar surface area (TPSA) is 64.2 Å². The van der Waals surface area contributed by atoms with E-state index in [0.717, 1.165) is 11.3 Å². The lowest BCUT2D eigenvalue weighted by molar-refractivity contribution is -0.121. The minimum atomic E-state index is -0.374. The van der Waals surface area contributed by atoms with Crippen LogP contribution >= 0.6 is 11.8 Å². The van der Waals surface area contributed by atoms with Crippen LogP contribution in [-0.4, -0.2) is 22.8 Å². The Morgan fingerprint density at radius 1 is 1.15 bits per heavy atom. The number of rotatable bonds is 8.